The zero-order chi connectivity index (χ0) is 13.5. The van der Waals surface area contributed by atoms with E-state index in [1.807, 2.05) is 13.8 Å². The van der Waals surface area contributed by atoms with Gasteiger partial charge in [0, 0.05) is 13.6 Å². The first-order valence-electron chi connectivity index (χ1n) is 5.59. The van der Waals surface area contributed by atoms with Crippen LogP contribution >= 0.6 is 11.6 Å². The van der Waals surface area contributed by atoms with E-state index in [4.69, 9.17) is 16.3 Å². The molecule has 0 atom stereocenters. The average Bonchev–Trinajstić information content (AvgIpc) is 2.28. The van der Waals surface area contributed by atoms with E-state index in [0.29, 0.717) is 19.1 Å². The molecule has 8 heteroatoms. The third-order valence-corrected chi connectivity index (χ3v) is 2.11. The Hall–Kier alpha value is -1.63. The van der Waals surface area contributed by atoms with Gasteiger partial charge in [0.15, 0.2) is 0 Å². The molecule has 1 amide bonds. The lowest BCUT2D eigenvalue weighted by molar-refractivity contribution is -0.119. The number of carbonyl (C=O) groups excluding carboxylic acids is 1. The zero-order valence-corrected chi connectivity index (χ0v) is 11.4. The van der Waals surface area contributed by atoms with Crippen LogP contribution in [0.5, 0.6) is 6.01 Å². The minimum atomic E-state index is -0.116. The number of aromatic nitrogens is 3. The molecule has 0 saturated carbocycles. The molecule has 0 aromatic carbocycles. The molecular formula is C10H16ClN5O2. The summed E-state index contributed by atoms with van der Waals surface area (Å²) in [6.07, 6.45) is 0. The van der Waals surface area contributed by atoms with Gasteiger partial charge in [0.25, 0.3) is 0 Å². The molecule has 0 spiro atoms. The van der Waals surface area contributed by atoms with E-state index < -0.39 is 0 Å². The monoisotopic (exact) mass is 273 g/mol. The lowest BCUT2D eigenvalue weighted by Crippen LogP contribution is -2.35. The number of likely N-dealkylation sites (N-methyl/N-ethyl adjacent to an activating group) is 2. The van der Waals surface area contributed by atoms with Gasteiger partial charge in [0.1, 0.15) is 0 Å². The van der Waals surface area contributed by atoms with Crippen LogP contribution in [0, 0.1) is 0 Å². The van der Waals surface area contributed by atoms with Crippen LogP contribution in [0.3, 0.4) is 0 Å². The molecule has 0 radical (unpaired) electrons. The number of amides is 1. The second-order valence-corrected chi connectivity index (χ2v) is 3.77. The second kappa shape index (κ2) is 6.95. The number of ether oxygens (including phenoxy) is 1. The van der Waals surface area contributed by atoms with Crippen LogP contribution in [0.1, 0.15) is 13.8 Å². The SMILES string of the molecule is CCNC(=O)CN(C)c1nc(Cl)nc(OCC)n1. The molecule has 18 heavy (non-hydrogen) atoms. The van der Waals surface area contributed by atoms with Gasteiger partial charge in [-0.2, -0.15) is 15.0 Å². The third kappa shape index (κ3) is 4.33. The molecule has 0 saturated heterocycles. The van der Waals surface area contributed by atoms with Gasteiger partial charge >= 0.3 is 6.01 Å². The summed E-state index contributed by atoms with van der Waals surface area (Å²) < 4.78 is 5.16. The summed E-state index contributed by atoms with van der Waals surface area (Å²) in [4.78, 5) is 24.8. The summed E-state index contributed by atoms with van der Waals surface area (Å²) in [5.74, 6) is 0.180. The summed E-state index contributed by atoms with van der Waals surface area (Å²) in [5, 5.41) is 2.72. The molecule has 1 aromatic heterocycles. The molecule has 0 bridgehead atoms. The minimum absolute atomic E-state index is 0.0335. The summed E-state index contributed by atoms with van der Waals surface area (Å²) >= 11 is 5.76. The molecule has 1 heterocycles. The van der Waals surface area contributed by atoms with Crippen LogP contribution in [-0.4, -0.2) is 47.6 Å². The number of hydrogen-bond donors (Lipinski definition) is 1. The van der Waals surface area contributed by atoms with Gasteiger partial charge in [-0.3, -0.25) is 4.79 Å². The van der Waals surface area contributed by atoms with Gasteiger partial charge in [-0.05, 0) is 25.4 Å². The molecule has 1 N–H and O–H groups in total. The van der Waals surface area contributed by atoms with E-state index in [9.17, 15) is 4.79 Å². The number of rotatable bonds is 6. The van der Waals surface area contributed by atoms with Crippen molar-refractivity contribution in [1.29, 1.82) is 0 Å². The highest BCUT2D eigenvalue weighted by atomic mass is 35.5. The Morgan fingerprint density at radius 1 is 1.39 bits per heavy atom. The number of hydrogen-bond acceptors (Lipinski definition) is 6. The standard InChI is InChI=1S/C10H16ClN5O2/c1-4-12-7(17)6-16(3)9-13-8(11)14-10(15-9)18-5-2/h4-6H2,1-3H3,(H,12,17). The highest BCUT2D eigenvalue weighted by Gasteiger charge is 2.12. The van der Waals surface area contributed by atoms with Crippen molar-refractivity contribution in [1.82, 2.24) is 20.3 Å². The number of halogens is 1. The number of anilines is 1. The highest BCUT2D eigenvalue weighted by molar-refractivity contribution is 6.28. The van der Waals surface area contributed by atoms with Crippen molar-refractivity contribution in [2.75, 3.05) is 31.6 Å². The highest BCUT2D eigenvalue weighted by Crippen LogP contribution is 2.13. The van der Waals surface area contributed by atoms with E-state index in [-0.39, 0.29) is 23.7 Å². The van der Waals surface area contributed by atoms with Crippen LogP contribution < -0.4 is 15.0 Å². The predicted molar refractivity (Wildman–Crippen MR) is 68.0 cm³/mol. The molecule has 1 rings (SSSR count). The summed E-state index contributed by atoms with van der Waals surface area (Å²) in [5.41, 5.74) is 0. The first kappa shape index (κ1) is 14.4. The number of nitrogens with zero attached hydrogens (tertiary/aromatic N) is 4. The molecule has 0 aliphatic heterocycles. The van der Waals surface area contributed by atoms with E-state index >= 15 is 0 Å². The van der Waals surface area contributed by atoms with Gasteiger partial charge in [-0.1, -0.05) is 0 Å². The van der Waals surface area contributed by atoms with Gasteiger partial charge in [-0.25, -0.2) is 0 Å². The summed E-state index contributed by atoms with van der Waals surface area (Å²) in [6.45, 7) is 4.81. The molecule has 0 fully saturated rings. The Morgan fingerprint density at radius 2 is 2.11 bits per heavy atom. The van der Waals surface area contributed by atoms with Crippen LogP contribution in [-0.2, 0) is 4.79 Å². The van der Waals surface area contributed by atoms with Crippen molar-refractivity contribution in [3.63, 3.8) is 0 Å². The van der Waals surface area contributed by atoms with Crippen molar-refractivity contribution in [3.05, 3.63) is 5.28 Å². The Kier molecular flexibility index (Phi) is 5.57. The second-order valence-electron chi connectivity index (χ2n) is 3.43. The lowest BCUT2D eigenvalue weighted by Gasteiger charge is -2.16. The van der Waals surface area contributed by atoms with Gasteiger partial charge in [0.2, 0.25) is 17.1 Å². The number of nitrogens with one attached hydrogen (secondary N) is 1. The molecular weight excluding hydrogens is 258 g/mol. The first-order chi connectivity index (χ1) is 8.56. The predicted octanol–water partition coefficient (Wildman–Crippen LogP) is 0.496. The van der Waals surface area contributed by atoms with Crippen LogP contribution in [0.4, 0.5) is 5.95 Å². The summed E-state index contributed by atoms with van der Waals surface area (Å²) in [6, 6.07) is 0.148. The fraction of sp³-hybridized carbons (Fsp3) is 0.600. The van der Waals surface area contributed by atoms with Crippen LogP contribution in [0.15, 0.2) is 0 Å². The van der Waals surface area contributed by atoms with Crippen molar-refractivity contribution in [2.45, 2.75) is 13.8 Å². The van der Waals surface area contributed by atoms with Crippen molar-refractivity contribution in [3.8, 4) is 6.01 Å². The van der Waals surface area contributed by atoms with E-state index in [1.165, 1.54) is 0 Å². The van der Waals surface area contributed by atoms with Crippen molar-refractivity contribution < 1.29 is 9.53 Å². The quantitative estimate of drug-likeness (QED) is 0.813. The normalized spacial score (nSPS) is 10.0. The van der Waals surface area contributed by atoms with E-state index in [2.05, 4.69) is 20.3 Å². The molecule has 0 unspecified atom stereocenters. The maximum atomic E-state index is 11.4. The van der Waals surface area contributed by atoms with Gasteiger partial charge in [0.05, 0.1) is 13.2 Å². The molecule has 7 nitrogen and oxygen atoms in total. The number of carbonyl (C=O) groups is 1. The van der Waals surface area contributed by atoms with E-state index in [0.717, 1.165) is 0 Å². The average molecular weight is 274 g/mol. The molecule has 1 aromatic rings. The largest absolute Gasteiger partial charge is 0.464 e. The zero-order valence-electron chi connectivity index (χ0n) is 10.6. The Labute approximate surface area is 111 Å². The van der Waals surface area contributed by atoms with Crippen molar-refractivity contribution >= 4 is 23.5 Å². The first-order valence-corrected chi connectivity index (χ1v) is 5.96. The van der Waals surface area contributed by atoms with Crippen LogP contribution in [0.2, 0.25) is 5.28 Å². The maximum absolute atomic E-state index is 11.4. The Balaban J connectivity index is 2.78. The van der Waals surface area contributed by atoms with E-state index in [1.54, 1.807) is 11.9 Å². The minimum Gasteiger partial charge on any atom is -0.464 e. The molecule has 100 valence electrons. The lowest BCUT2D eigenvalue weighted by atomic mass is 10.5. The summed E-state index contributed by atoms with van der Waals surface area (Å²) in [7, 11) is 1.69. The molecule has 0 aliphatic carbocycles. The topological polar surface area (TPSA) is 80.2 Å². The molecule has 0 aliphatic rings. The fourth-order valence-electron chi connectivity index (χ4n) is 1.23. The van der Waals surface area contributed by atoms with Gasteiger partial charge in [-0.15, -0.1) is 0 Å². The fourth-order valence-corrected chi connectivity index (χ4v) is 1.37. The third-order valence-electron chi connectivity index (χ3n) is 1.95. The maximum Gasteiger partial charge on any atom is 0.322 e. The van der Waals surface area contributed by atoms with Gasteiger partial charge < -0.3 is 15.0 Å². The van der Waals surface area contributed by atoms with Crippen LogP contribution in [0.25, 0.3) is 0 Å². The Morgan fingerprint density at radius 3 is 2.72 bits per heavy atom. The Bertz CT molecular complexity index is 415. The smallest absolute Gasteiger partial charge is 0.322 e. The van der Waals surface area contributed by atoms with Crippen molar-refractivity contribution in [2.24, 2.45) is 0 Å².